The third-order valence-electron chi connectivity index (χ3n) is 3.24. The van der Waals surface area contributed by atoms with Gasteiger partial charge in [-0.25, -0.2) is 19.3 Å². The molecular formula is C16H23NO7. The van der Waals surface area contributed by atoms with E-state index in [9.17, 15) is 19.2 Å². The zero-order valence-corrected chi connectivity index (χ0v) is 14.3. The van der Waals surface area contributed by atoms with Gasteiger partial charge in [0.2, 0.25) is 5.91 Å². The largest absolute Gasteiger partial charge is 0.478 e. The van der Waals surface area contributed by atoms with Gasteiger partial charge in [0, 0.05) is 12.0 Å². The van der Waals surface area contributed by atoms with Gasteiger partial charge in [0.1, 0.15) is 11.6 Å². The molecule has 0 aliphatic carbocycles. The summed E-state index contributed by atoms with van der Waals surface area (Å²) in [6, 6.07) is -1.06. The number of esters is 1. The second-order valence-corrected chi connectivity index (χ2v) is 6.37. The third kappa shape index (κ3) is 5.36. The van der Waals surface area contributed by atoms with E-state index < -0.39 is 41.5 Å². The molecule has 1 heterocycles. The fraction of sp³-hybridized carbons (Fsp3) is 0.625. The molecule has 1 unspecified atom stereocenters. The molecule has 0 bridgehead atoms. The average Bonchev–Trinajstić information content (AvgIpc) is 2.74. The van der Waals surface area contributed by atoms with Gasteiger partial charge in [-0.3, -0.25) is 4.79 Å². The van der Waals surface area contributed by atoms with E-state index in [2.05, 4.69) is 0 Å². The van der Waals surface area contributed by atoms with Crippen LogP contribution in [0.4, 0.5) is 4.79 Å². The minimum atomic E-state index is -1.13. The molecule has 1 aliphatic heterocycles. The Bertz CT molecular complexity index is 547. The molecule has 134 valence electrons. The Morgan fingerprint density at radius 1 is 1.33 bits per heavy atom. The number of imide groups is 1. The standard InChI is InChI=1S/C16H23NO7/c1-5-23-14(21)11-9-10(7-6-8-12(18)19)13(20)17(11)15(22)24-16(2,3)4/h6,8,10-11H,5,7,9H2,1-4H3,(H,18,19)/b8-6+/t10?,11-/m0/s1. The van der Waals surface area contributed by atoms with E-state index in [1.54, 1.807) is 27.7 Å². The number of nitrogens with zero attached hydrogens (tertiary/aromatic N) is 1. The molecule has 0 saturated carbocycles. The molecule has 24 heavy (non-hydrogen) atoms. The van der Waals surface area contributed by atoms with Crippen LogP contribution in [0.25, 0.3) is 0 Å². The molecule has 0 aromatic carbocycles. The normalized spacial score (nSPS) is 21.2. The van der Waals surface area contributed by atoms with Crippen LogP contribution in [0, 0.1) is 5.92 Å². The number of likely N-dealkylation sites (tertiary alicyclic amines) is 1. The van der Waals surface area contributed by atoms with Crippen LogP contribution in [0.15, 0.2) is 12.2 Å². The predicted octanol–water partition coefficient (Wildman–Crippen LogP) is 1.73. The fourth-order valence-electron chi connectivity index (χ4n) is 2.32. The Labute approximate surface area is 140 Å². The van der Waals surface area contributed by atoms with E-state index in [4.69, 9.17) is 14.6 Å². The lowest BCUT2D eigenvalue weighted by Crippen LogP contribution is -2.46. The first kappa shape index (κ1) is 19.7. The lowest BCUT2D eigenvalue weighted by molar-refractivity contribution is -0.151. The molecule has 0 radical (unpaired) electrons. The SMILES string of the molecule is CCOC(=O)[C@@H]1CC(C/C=C/C(=O)O)C(=O)N1C(=O)OC(C)(C)C. The van der Waals surface area contributed by atoms with Crippen molar-refractivity contribution in [3.8, 4) is 0 Å². The number of amides is 2. The molecule has 1 aliphatic rings. The second kappa shape index (κ2) is 7.94. The number of carbonyl (C=O) groups excluding carboxylic acids is 3. The van der Waals surface area contributed by atoms with Gasteiger partial charge in [-0.15, -0.1) is 0 Å². The van der Waals surface area contributed by atoms with E-state index >= 15 is 0 Å². The van der Waals surface area contributed by atoms with Crippen molar-refractivity contribution in [2.45, 2.75) is 52.2 Å². The number of aliphatic carboxylic acids is 1. The maximum Gasteiger partial charge on any atom is 0.417 e. The van der Waals surface area contributed by atoms with E-state index in [0.717, 1.165) is 11.0 Å². The maximum absolute atomic E-state index is 12.5. The van der Waals surface area contributed by atoms with Crippen LogP contribution >= 0.6 is 0 Å². The van der Waals surface area contributed by atoms with Gasteiger partial charge in [0.15, 0.2) is 0 Å². The summed E-state index contributed by atoms with van der Waals surface area (Å²) in [7, 11) is 0. The number of hydrogen-bond donors (Lipinski definition) is 1. The van der Waals surface area contributed by atoms with Crippen molar-refractivity contribution in [3.63, 3.8) is 0 Å². The molecule has 8 nitrogen and oxygen atoms in total. The Balaban J connectivity index is 2.97. The summed E-state index contributed by atoms with van der Waals surface area (Å²) in [5.41, 5.74) is -0.822. The number of rotatable bonds is 5. The second-order valence-electron chi connectivity index (χ2n) is 6.37. The van der Waals surface area contributed by atoms with Gasteiger partial charge in [-0.2, -0.15) is 0 Å². The summed E-state index contributed by atoms with van der Waals surface area (Å²) < 4.78 is 10.1. The van der Waals surface area contributed by atoms with E-state index in [1.165, 1.54) is 6.08 Å². The van der Waals surface area contributed by atoms with Crippen LogP contribution in [0.5, 0.6) is 0 Å². The van der Waals surface area contributed by atoms with Crippen molar-refractivity contribution < 1.29 is 33.8 Å². The first-order chi connectivity index (χ1) is 11.1. The molecule has 1 N–H and O–H groups in total. The van der Waals surface area contributed by atoms with Crippen LogP contribution in [0.2, 0.25) is 0 Å². The predicted molar refractivity (Wildman–Crippen MR) is 83.0 cm³/mol. The Morgan fingerprint density at radius 2 is 1.96 bits per heavy atom. The lowest BCUT2D eigenvalue weighted by atomic mass is 10.0. The zero-order valence-electron chi connectivity index (χ0n) is 14.3. The topological polar surface area (TPSA) is 110 Å². The van der Waals surface area contributed by atoms with Crippen LogP contribution in [-0.2, 0) is 23.9 Å². The van der Waals surface area contributed by atoms with Crippen molar-refractivity contribution in [3.05, 3.63) is 12.2 Å². The van der Waals surface area contributed by atoms with Crippen LogP contribution in [0.3, 0.4) is 0 Å². The number of carboxylic acids is 1. The first-order valence-corrected chi connectivity index (χ1v) is 7.69. The highest BCUT2D eigenvalue weighted by Gasteiger charge is 2.48. The number of ether oxygens (including phenoxy) is 2. The Morgan fingerprint density at radius 3 is 2.46 bits per heavy atom. The van der Waals surface area contributed by atoms with Gasteiger partial charge in [-0.1, -0.05) is 6.08 Å². The highest BCUT2D eigenvalue weighted by Crippen LogP contribution is 2.30. The zero-order chi connectivity index (χ0) is 18.5. The first-order valence-electron chi connectivity index (χ1n) is 7.69. The smallest absolute Gasteiger partial charge is 0.417 e. The summed E-state index contributed by atoms with van der Waals surface area (Å²) in [6.45, 7) is 6.70. The van der Waals surface area contributed by atoms with Gasteiger partial charge >= 0.3 is 18.0 Å². The van der Waals surface area contributed by atoms with E-state index in [1.807, 2.05) is 0 Å². The number of allylic oxidation sites excluding steroid dienone is 1. The van der Waals surface area contributed by atoms with Gasteiger partial charge in [-0.05, 0) is 40.5 Å². The lowest BCUT2D eigenvalue weighted by Gasteiger charge is -2.26. The maximum atomic E-state index is 12.5. The summed E-state index contributed by atoms with van der Waals surface area (Å²) >= 11 is 0. The number of carbonyl (C=O) groups is 4. The molecule has 0 spiro atoms. The molecule has 1 saturated heterocycles. The molecule has 8 heteroatoms. The molecular weight excluding hydrogens is 318 g/mol. The van der Waals surface area contributed by atoms with Crippen molar-refractivity contribution in [1.82, 2.24) is 4.90 Å². The molecule has 1 fully saturated rings. The molecule has 0 aromatic rings. The highest BCUT2D eigenvalue weighted by atomic mass is 16.6. The van der Waals surface area contributed by atoms with Gasteiger partial charge < -0.3 is 14.6 Å². The van der Waals surface area contributed by atoms with E-state index in [-0.39, 0.29) is 19.4 Å². The van der Waals surface area contributed by atoms with Gasteiger partial charge in [0.05, 0.1) is 6.61 Å². The monoisotopic (exact) mass is 341 g/mol. The summed E-state index contributed by atoms with van der Waals surface area (Å²) in [5, 5.41) is 8.60. The van der Waals surface area contributed by atoms with Crippen molar-refractivity contribution >= 4 is 23.9 Å². The quantitative estimate of drug-likeness (QED) is 0.599. The van der Waals surface area contributed by atoms with E-state index in [0.29, 0.717) is 0 Å². The highest BCUT2D eigenvalue weighted by molar-refractivity contribution is 6.00. The van der Waals surface area contributed by atoms with Crippen LogP contribution in [0.1, 0.15) is 40.5 Å². The Kier molecular flexibility index (Phi) is 6.51. The number of hydrogen-bond acceptors (Lipinski definition) is 6. The third-order valence-corrected chi connectivity index (χ3v) is 3.24. The molecule has 1 rings (SSSR count). The summed E-state index contributed by atoms with van der Waals surface area (Å²) in [5.74, 6) is -3.06. The van der Waals surface area contributed by atoms with Crippen molar-refractivity contribution in [2.24, 2.45) is 5.92 Å². The average molecular weight is 341 g/mol. The van der Waals surface area contributed by atoms with Gasteiger partial charge in [0.25, 0.3) is 0 Å². The van der Waals surface area contributed by atoms with Crippen molar-refractivity contribution in [2.75, 3.05) is 6.61 Å². The number of carboxylic acid groups (broad SMARTS) is 1. The molecule has 2 amide bonds. The minimum absolute atomic E-state index is 0.0703. The van der Waals surface area contributed by atoms with Crippen molar-refractivity contribution in [1.29, 1.82) is 0 Å². The summed E-state index contributed by atoms with van der Waals surface area (Å²) in [4.78, 5) is 48.1. The molecule has 2 atom stereocenters. The van der Waals surface area contributed by atoms with Crippen LogP contribution < -0.4 is 0 Å². The Hall–Kier alpha value is -2.38. The minimum Gasteiger partial charge on any atom is -0.478 e. The fourth-order valence-corrected chi connectivity index (χ4v) is 2.32. The summed E-state index contributed by atoms with van der Waals surface area (Å²) in [6.07, 6.45) is 1.52. The molecule has 0 aromatic heterocycles. The van der Waals surface area contributed by atoms with Crippen LogP contribution in [-0.4, -0.2) is 52.2 Å².